The van der Waals surface area contributed by atoms with Crippen molar-refractivity contribution in [2.75, 3.05) is 33.9 Å². The van der Waals surface area contributed by atoms with Crippen LogP contribution in [0.15, 0.2) is 91.0 Å². The summed E-state index contributed by atoms with van der Waals surface area (Å²) in [5.74, 6) is 1.40. The van der Waals surface area contributed by atoms with Crippen LogP contribution < -0.4 is 29.6 Å². The molecule has 3 aliphatic rings. The molecule has 0 aromatic heterocycles. The monoisotopic (exact) mass is 649 g/mol. The number of carbonyl (C=O) groups is 3. The average Bonchev–Trinajstić information content (AvgIpc) is 3.13. The Labute approximate surface area is 279 Å². The molecule has 10 nitrogen and oxygen atoms in total. The second-order valence-electron chi connectivity index (χ2n) is 11.8. The van der Waals surface area contributed by atoms with Crippen LogP contribution in [0.25, 0.3) is 11.1 Å². The third-order valence-electron chi connectivity index (χ3n) is 8.67. The highest BCUT2D eigenvalue weighted by atomic mass is 16.5. The zero-order valence-electron chi connectivity index (χ0n) is 27.1. The van der Waals surface area contributed by atoms with Crippen molar-refractivity contribution >= 4 is 17.7 Å². The zero-order valence-corrected chi connectivity index (χ0v) is 27.1. The van der Waals surface area contributed by atoms with Crippen LogP contribution in [-0.4, -0.2) is 68.7 Å². The number of hydrogen-bond acceptors (Lipinski definition) is 7. The Kier molecular flexibility index (Phi) is 10.1. The predicted molar refractivity (Wildman–Crippen MR) is 180 cm³/mol. The van der Waals surface area contributed by atoms with E-state index in [0.717, 1.165) is 22.3 Å². The molecule has 3 heterocycles. The van der Waals surface area contributed by atoms with Crippen LogP contribution in [0.2, 0.25) is 0 Å². The minimum Gasteiger partial charge on any atom is -0.496 e. The van der Waals surface area contributed by atoms with Gasteiger partial charge in [-0.2, -0.15) is 0 Å². The zero-order chi connectivity index (χ0) is 33.5. The molecule has 0 aliphatic carbocycles. The first-order valence-electron chi connectivity index (χ1n) is 16.0. The Morgan fingerprint density at radius 3 is 2.46 bits per heavy atom. The van der Waals surface area contributed by atoms with Crippen molar-refractivity contribution in [3.05, 3.63) is 108 Å². The van der Waals surface area contributed by atoms with Crippen molar-refractivity contribution in [2.24, 2.45) is 0 Å². The first-order valence-corrected chi connectivity index (χ1v) is 16.0. The van der Waals surface area contributed by atoms with Crippen LogP contribution in [0, 0.1) is 0 Å². The second-order valence-corrected chi connectivity index (χ2v) is 11.8. The van der Waals surface area contributed by atoms with Gasteiger partial charge < -0.3 is 34.5 Å². The van der Waals surface area contributed by atoms with E-state index in [2.05, 4.69) is 10.6 Å². The highest BCUT2D eigenvalue weighted by Crippen LogP contribution is 2.31. The van der Waals surface area contributed by atoms with Crippen molar-refractivity contribution in [1.82, 2.24) is 15.5 Å². The quantitative estimate of drug-likeness (QED) is 0.327. The van der Waals surface area contributed by atoms with E-state index in [-0.39, 0.29) is 37.3 Å². The molecule has 7 rings (SSSR count). The SMILES string of the molecule is COc1cc2ccc1CNC(=O)CCc1ccc(OC)c(c1)OCC(=O)N[C@@H]1CN(C(=O)c3ccccc3-c3ccccc3)CC[C@@H]1O2. The molecule has 0 spiro atoms. The molecule has 1 saturated heterocycles. The number of rotatable bonds is 4. The fourth-order valence-corrected chi connectivity index (χ4v) is 6.14. The fraction of sp³-hybridized carbons (Fsp3) is 0.289. The number of methoxy groups -OCH3 is 2. The van der Waals surface area contributed by atoms with Gasteiger partial charge in [-0.25, -0.2) is 0 Å². The number of benzene rings is 4. The van der Waals surface area contributed by atoms with Crippen molar-refractivity contribution in [3.63, 3.8) is 0 Å². The molecule has 1 fully saturated rings. The third-order valence-corrected chi connectivity index (χ3v) is 8.67. The molecule has 2 atom stereocenters. The van der Waals surface area contributed by atoms with E-state index in [1.54, 1.807) is 30.2 Å². The summed E-state index contributed by atoms with van der Waals surface area (Å²) in [5, 5.41) is 6.04. The number of amides is 3. The Hall–Kier alpha value is -5.51. The number of ether oxygens (including phenoxy) is 4. The maximum atomic E-state index is 14.0. The van der Waals surface area contributed by atoms with Gasteiger partial charge in [0.1, 0.15) is 17.6 Å². The molecule has 3 aliphatic heterocycles. The van der Waals surface area contributed by atoms with Crippen LogP contribution >= 0.6 is 0 Å². The van der Waals surface area contributed by atoms with Crippen LogP contribution in [0.4, 0.5) is 0 Å². The number of aryl methyl sites for hydroxylation is 1. The summed E-state index contributed by atoms with van der Waals surface area (Å²) in [6, 6.07) is 27.7. The third kappa shape index (κ3) is 7.54. The highest BCUT2D eigenvalue weighted by molar-refractivity contribution is 6.01. The number of piperidine rings is 1. The number of likely N-dealkylation sites (tertiary alicyclic amines) is 1. The molecule has 48 heavy (non-hydrogen) atoms. The maximum Gasteiger partial charge on any atom is 0.258 e. The summed E-state index contributed by atoms with van der Waals surface area (Å²) in [6.07, 6.45) is 0.770. The first-order chi connectivity index (χ1) is 23.4. The molecular weight excluding hydrogens is 610 g/mol. The topological polar surface area (TPSA) is 115 Å². The minimum absolute atomic E-state index is 0.108. The van der Waals surface area contributed by atoms with Gasteiger partial charge in [-0.15, -0.1) is 0 Å². The van der Waals surface area contributed by atoms with Gasteiger partial charge in [0.15, 0.2) is 18.1 Å². The lowest BCUT2D eigenvalue weighted by molar-refractivity contribution is -0.125. The molecule has 4 aromatic carbocycles. The van der Waals surface area contributed by atoms with Crippen molar-refractivity contribution < 1.29 is 33.3 Å². The van der Waals surface area contributed by atoms with Crippen molar-refractivity contribution in [3.8, 4) is 34.1 Å². The number of carbonyl (C=O) groups excluding carboxylic acids is 3. The second kappa shape index (κ2) is 14.9. The molecule has 0 unspecified atom stereocenters. The Balaban J connectivity index is 1.28. The van der Waals surface area contributed by atoms with Gasteiger partial charge in [0.2, 0.25) is 5.91 Å². The fourth-order valence-electron chi connectivity index (χ4n) is 6.14. The Bertz CT molecular complexity index is 1780. The lowest BCUT2D eigenvalue weighted by Crippen LogP contribution is -2.58. The maximum absolute atomic E-state index is 14.0. The van der Waals surface area contributed by atoms with E-state index >= 15 is 0 Å². The molecule has 248 valence electrons. The molecule has 0 radical (unpaired) electrons. The summed E-state index contributed by atoms with van der Waals surface area (Å²) in [6.45, 7) is 0.679. The number of fused-ring (bicyclic) bond motifs is 9. The molecule has 3 amide bonds. The van der Waals surface area contributed by atoms with Gasteiger partial charge in [0.25, 0.3) is 11.8 Å². The van der Waals surface area contributed by atoms with Gasteiger partial charge >= 0.3 is 0 Å². The largest absolute Gasteiger partial charge is 0.496 e. The normalized spacial score (nSPS) is 18.4. The lowest BCUT2D eigenvalue weighted by Gasteiger charge is -2.39. The van der Waals surface area contributed by atoms with Crippen LogP contribution in [-0.2, 0) is 22.6 Å². The highest BCUT2D eigenvalue weighted by Gasteiger charge is 2.35. The van der Waals surface area contributed by atoms with Gasteiger partial charge in [0.05, 0.1) is 20.3 Å². The molecule has 0 saturated carbocycles. The van der Waals surface area contributed by atoms with E-state index in [0.29, 0.717) is 54.5 Å². The smallest absolute Gasteiger partial charge is 0.258 e. The lowest BCUT2D eigenvalue weighted by atomic mass is 9.96. The summed E-state index contributed by atoms with van der Waals surface area (Å²) in [4.78, 5) is 41.9. The average molecular weight is 650 g/mol. The van der Waals surface area contributed by atoms with E-state index in [4.69, 9.17) is 18.9 Å². The Morgan fingerprint density at radius 2 is 1.65 bits per heavy atom. The summed E-state index contributed by atoms with van der Waals surface area (Å²) < 4.78 is 23.5. The van der Waals surface area contributed by atoms with Gasteiger partial charge in [-0.1, -0.05) is 54.6 Å². The first kappa shape index (κ1) is 32.4. The number of hydrogen-bond donors (Lipinski definition) is 2. The van der Waals surface area contributed by atoms with Crippen LogP contribution in [0.3, 0.4) is 0 Å². The van der Waals surface area contributed by atoms with E-state index < -0.39 is 12.1 Å². The van der Waals surface area contributed by atoms with Crippen molar-refractivity contribution in [2.45, 2.75) is 38.0 Å². The number of nitrogens with zero attached hydrogens (tertiary/aromatic N) is 1. The Morgan fingerprint density at radius 1 is 0.854 bits per heavy atom. The molecule has 10 heteroatoms. The molecule has 2 N–H and O–H groups in total. The van der Waals surface area contributed by atoms with E-state index in [1.165, 1.54) is 7.11 Å². The van der Waals surface area contributed by atoms with E-state index in [9.17, 15) is 14.4 Å². The van der Waals surface area contributed by atoms with Crippen molar-refractivity contribution in [1.29, 1.82) is 0 Å². The van der Waals surface area contributed by atoms with Gasteiger partial charge in [-0.3, -0.25) is 14.4 Å². The number of nitrogens with one attached hydrogen (secondary N) is 2. The molecule has 4 aromatic rings. The van der Waals surface area contributed by atoms with E-state index in [1.807, 2.05) is 72.8 Å². The summed E-state index contributed by atoms with van der Waals surface area (Å²) in [7, 11) is 3.10. The van der Waals surface area contributed by atoms with Gasteiger partial charge in [-0.05, 0) is 53.4 Å². The molecule has 4 bridgehead atoms. The van der Waals surface area contributed by atoms with Gasteiger partial charge in [0, 0.05) is 49.7 Å². The summed E-state index contributed by atoms with van der Waals surface area (Å²) >= 11 is 0. The predicted octanol–water partition coefficient (Wildman–Crippen LogP) is 4.79. The minimum atomic E-state index is -0.539. The molecular formula is C38H39N3O7. The van der Waals surface area contributed by atoms with Crippen LogP contribution in [0.5, 0.6) is 23.0 Å². The standard InChI is InChI=1S/C38H39N3O7/c1-45-33-16-12-25-13-17-36(42)39-22-27-14-15-28(21-34(27)46-2)48-32-18-19-41(23-31(32)40-37(43)24-47-35(33)20-25)38(44)30-11-7-6-10-29(30)26-8-4-3-5-9-26/h3-12,14-16,20-21,31-32H,13,17-19,22-24H2,1-2H3,(H,39,42)(H,40,43)/t31-,32+/m1/s1. The summed E-state index contributed by atoms with van der Waals surface area (Å²) in [5.41, 5.74) is 4.06. The van der Waals surface area contributed by atoms with Crippen LogP contribution in [0.1, 0.15) is 34.3 Å².